The molecule has 0 aliphatic rings. The van der Waals surface area contributed by atoms with Crippen molar-refractivity contribution in [2.24, 2.45) is 0 Å². The number of furan rings is 1. The van der Waals surface area contributed by atoms with Crippen LogP contribution in [0.2, 0.25) is 0 Å². The summed E-state index contributed by atoms with van der Waals surface area (Å²) in [4.78, 5) is 2.40. The van der Waals surface area contributed by atoms with Crippen LogP contribution in [0.25, 0.3) is 76.5 Å². The van der Waals surface area contributed by atoms with Crippen molar-refractivity contribution in [3.8, 4) is 22.3 Å². The highest BCUT2D eigenvalue weighted by Crippen LogP contribution is 2.43. The van der Waals surface area contributed by atoms with Crippen LogP contribution in [0.15, 0.2) is 192 Å². The molecule has 0 fully saturated rings. The average Bonchev–Trinajstić information content (AvgIpc) is 3.58. The number of fused-ring (bicyclic) bond motifs is 8. The van der Waals surface area contributed by atoms with E-state index in [0.29, 0.717) is 0 Å². The van der Waals surface area contributed by atoms with E-state index in [0.717, 1.165) is 50.1 Å². The van der Waals surface area contributed by atoms with Crippen molar-refractivity contribution in [1.82, 2.24) is 0 Å². The molecule has 0 saturated carbocycles. The molecule has 0 aliphatic heterocycles. The van der Waals surface area contributed by atoms with Gasteiger partial charge >= 0.3 is 0 Å². The van der Waals surface area contributed by atoms with Crippen LogP contribution in [-0.4, -0.2) is 0 Å². The minimum atomic E-state index is 0.910. The minimum absolute atomic E-state index is 0.910. The number of anilines is 3. The molecule has 9 aromatic carbocycles. The van der Waals surface area contributed by atoms with Crippen LogP contribution in [0.5, 0.6) is 0 Å². The fraction of sp³-hybridized carbons (Fsp3) is 0. The lowest BCUT2D eigenvalue weighted by Crippen LogP contribution is -2.10. The molecule has 0 radical (unpaired) electrons. The minimum Gasteiger partial charge on any atom is -0.455 e. The monoisotopic (exact) mass is 637 g/mol. The van der Waals surface area contributed by atoms with Gasteiger partial charge in [-0.05, 0) is 80.0 Å². The van der Waals surface area contributed by atoms with E-state index in [1.807, 2.05) is 12.1 Å². The second kappa shape index (κ2) is 11.5. The molecule has 2 heteroatoms. The van der Waals surface area contributed by atoms with Crippen molar-refractivity contribution in [2.75, 3.05) is 4.90 Å². The summed E-state index contributed by atoms with van der Waals surface area (Å²) in [7, 11) is 0. The Morgan fingerprint density at radius 3 is 1.88 bits per heavy atom. The zero-order valence-electron chi connectivity index (χ0n) is 27.3. The van der Waals surface area contributed by atoms with E-state index in [1.54, 1.807) is 0 Å². The van der Waals surface area contributed by atoms with Crippen molar-refractivity contribution in [3.05, 3.63) is 188 Å². The number of rotatable bonds is 5. The first kappa shape index (κ1) is 28.4. The van der Waals surface area contributed by atoms with Crippen molar-refractivity contribution >= 4 is 71.3 Å². The molecule has 0 N–H and O–H groups in total. The molecule has 0 atom stereocenters. The summed E-state index contributed by atoms with van der Waals surface area (Å²) in [6, 6.07) is 67.5. The van der Waals surface area contributed by atoms with E-state index in [-0.39, 0.29) is 0 Å². The van der Waals surface area contributed by atoms with Gasteiger partial charge in [0.2, 0.25) is 0 Å². The average molecular weight is 638 g/mol. The van der Waals surface area contributed by atoms with E-state index in [9.17, 15) is 0 Å². The van der Waals surface area contributed by atoms with Crippen LogP contribution in [-0.2, 0) is 0 Å². The summed E-state index contributed by atoms with van der Waals surface area (Å²) in [5.74, 6) is 0. The molecular formula is C48H31NO. The fourth-order valence-corrected chi connectivity index (χ4v) is 7.68. The molecule has 0 spiro atoms. The van der Waals surface area contributed by atoms with E-state index >= 15 is 0 Å². The second-order valence-corrected chi connectivity index (χ2v) is 12.9. The molecule has 10 rings (SSSR count). The molecule has 0 unspecified atom stereocenters. The molecule has 1 heterocycles. The van der Waals surface area contributed by atoms with Crippen molar-refractivity contribution in [2.45, 2.75) is 0 Å². The lowest BCUT2D eigenvalue weighted by Gasteiger charge is -2.28. The molecule has 0 bridgehead atoms. The fourth-order valence-electron chi connectivity index (χ4n) is 7.68. The van der Waals surface area contributed by atoms with Gasteiger partial charge in [0.15, 0.2) is 0 Å². The Balaban J connectivity index is 1.16. The number of para-hydroxylation sites is 2. The lowest BCUT2D eigenvalue weighted by molar-refractivity contribution is 0.670. The zero-order chi connectivity index (χ0) is 33.0. The predicted octanol–water partition coefficient (Wildman–Crippen LogP) is 13.8. The quantitative estimate of drug-likeness (QED) is 0.175. The van der Waals surface area contributed by atoms with Crippen LogP contribution in [0.4, 0.5) is 17.1 Å². The Kier molecular flexibility index (Phi) is 6.53. The van der Waals surface area contributed by atoms with Gasteiger partial charge in [0.25, 0.3) is 0 Å². The van der Waals surface area contributed by atoms with Crippen LogP contribution in [0.3, 0.4) is 0 Å². The second-order valence-electron chi connectivity index (χ2n) is 12.9. The zero-order valence-corrected chi connectivity index (χ0v) is 27.3. The van der Waals surface area contributed by atoms with Gasteiger partial charge < -0.3 is 9.32 Å². The predicted molar refractivity (Wildman–Crippen MR) is 212 cm³/mol. The Bertz CT molecular complexity index is 2870. The number of nitrogens with zero attached hydrogens (tertiary/aromatic N) is 1. The van der Waals surface area contributed by atoms with Crippen molar-refractivity contribution in [1.29, 1.82) is 0 Å². The normalized spacial score (nSPS) is 11.6. The van der Waals surface area contributed by atoms with E-state index in [1.165, 1.54) is 43.4 Å². The maximum Gasteiger partial charge on any atom is 0.143 e. The summed E-state index contributed by atoms with van der Waals surface area (Å²) >= 11 is 0. The van der Waals surface area contributed by atoms with Gasteiger partial charge in [-0.15, -0.1) is 0 Å². The van der Waals surface area contributed by atoms with E-state index in [2.05, 4.69) is 181 Å². The summed E-state index contributed by atoms with van der Waals surface area (Å²) in [6.07, 6.45) is 0. The summed E-state index contributed by atoms with van der Waals surface area (Å²) in [6.45, 7) is 0. The van der Waals surface area contributed by atoms with E-state index < -0.39 is 0 Å². The summed E-state index contributed by atoms with van der Waals surface area (Å²) in [5, 5.41) is 9.79. The Hall–Kier alpha value is -6.64. The third kappa shape index (κ3) is 4.57. The SMILES string of the molecule is c1ccc(-c2cccc(N(c3ccc(-c4cccc5c4oc4ccccc45)cc3)c3cccc4c3ccc3c5ccccc5ccc43)c2)cc1. The highest BCUT2D eigenvalue weighted by atomic mass is 16.3. The Morgan fingerprint density at radius 1 is 0.340 bits per heavy atom. The van der Waals surface area contributed by atoms with Gasteiger partial charge in [-0.3, -0.25) is 0 Å². The highest BCUT2D eigenvalue weighted by Gasteiger charge is 2.18. The third-order valence-corrected chi connectivity index (χ3v) is 10.1. The molecule has 234 valence electrons. The van der Waals surface area contributed by atoms with Crippen LogP contribution < -0.4 is 4.90 Å². The molecule has 10 aromatic rings. The topological polar surface area (TPSA) is 16.4 Å². The first-order valence-electron chi connectivity index (χ1n) is 17.1. The molecule has 0 saturated heterocycles. The molecule has 2 nitrogen and oxygen atoms in total. The maximum absolute atomic E-state index is 6.41. The van der Waals surface area contributed by atoms with Crippen LogP contribution >= 0.6 is 0 Å². The maximum atomic E-state index is 6.41. The van der Waals surface area contributed by atoms with Gasteiger partial charge in [0, 0.05) is 33.1 Å². The molecule has 50 heavy (non-hydrogen) atoms. The first-order valence-corrected chi connectivity index (χ1v) is 17.1. The van der Waals surface area contributed by atoms with Crippen LogP contribution in [0, 0.1) is 0 Å². The number of hydrogen-bond donors (Lipinski definition) is 0. The number of hydrogen-bond acceptors (Lipinski definition) is 2. The van der Waals surface area contributed by atoms with Gasteiger partial charge in [0.05, 0.1) is 5.69 Å². The van der Waals surface area contributed by atoms with Gasteiger partial charge in [0.1, 0.15) is 11.2 Å². The molecule has 0 aliphatic carbocycles. The largest absolute Gasteiger partial charge is 0.455 e. The van der Waals surface area contributed by atoms with E-state index in [4.69, 9.17) is 4.42 Å². The summed E-state index contributed by atoms with van der Waals surface area (Å²) in [5.41, 5.74) is 9.73. The molecule has 1 aromatic heterocycles. The van der Waals surface area contributed by atoms with Crippen molar-refractivity contribution < 1.29 is 4.42 Å². The van der Waals surface area contributed by atoms with Crippen molar-refractivity contribution in [3.63, 3.8) is 0 Å². The Labute approximate surface area is 290 Å². The third-order valence-electron chi connectivity index (χ3n) is 10.1. The smallest absolute Gasteiger partial charge is 0.143 e. The Morgan fingerprint density at radius 2 is 0.980 bits per heavy atom. The molecule has 0 amide bonds. The standard InChI is InChI=1S/C48H31NO/c1-2-11-32(12-3-1)35-14-8-15-37(31-35)49(46-21-10-19-40-42-28-25-33-13-4-5-16-38(33)41(42)29-30-43(40)46)36-26-23-34(24-27-36)39-18-9-20-45-44-17-6-7-22-47(44)50-48(39)45/h1-31H. The number of benzene rings is 9. The van der Waals surface area contributed by atoms with Gasteiger partial charge in [-0.25, -0.2) is 0 Å². The molecular weight excluding hydrogens is 607 g/mol. The van der Waals surface area contributed by atoms with Gasteiger partial charge in [-0.2, -0.15) is 0 Å². The summed E-state index contributed by atoms with van der Waals surface area (Å²) < 4.78 is 6.41. The highest BCUT2D eigenvalue weighted by molar-refractivity contribution is 6.19. The van der Waals surface area contributed by atoms with Gasteiger partial charge in [-0.1, -0.05) is 152 Å². The first-order chi connectivity index (χ1) is 24.8. The lowest BCUT2D eigenvalue weighted by atomic mass is 9.95. The van der Waals surface area contributed by atoms with Crippen LogP contribution in [0.1, 0.15) is 0 Å².